The van der Waals surface area contributed by atoms with Crippen molar-refractivity contribution >= 4 is 17.8 Å². The molecule has 1 aliphatic heterocycles. The number of hydrogen-bond donors (Lipinski definition) is 3. The van der Waals surface area contributed by atoms with Crippen LogP contribution in [-0.4, -0.2) is 64.7 Å². The van der Waals surface area contributed by atoms with E-state index in [2.05, 4.69) is 11.4 Å². The first-order valence-corrected chi connectivity index (χ1v) is 12.3. The molecule has 4 N–H and O–H groups in total. The molecule has 4 bridgehead atoms. The molecule has 33 heavy (non-hydrogen) atoms. The summed E-state index contributed by atoms with van der Waals surface area (Å²) < 4.78 is 6.16. The molecule has 0 radical (unpaired) electrons. The number of carboxylic acids is 1. The fourth-order valence-electron chi connectivity index (χ4n) is 7.98. The lowest BCUT2D eigenvalue weighted by Gasteiger charge is -2.62. The van der Waals surface area contributed by atoms with E-state index in [9.17, 15) is 19.6 Å². The van der Waals surface area contributed by atoms with Crippen LogP contribution < -0.4 is 11.1 Å². The van der Waals surface area contributed by atoms with E-state index in [1.165, 1.54) is 0 Å². The van der Waals surface area contributed by atoms with Gasteiger partial charge in [0.25, 0.3) is 0 Å². The third kappa shape index (κ3) is 3.81. The molecule has 6 fully saturated rings. The Morgan fingerprint density at radius 3 is 2.52 bits per heavy atom. The summed E-state index contributed by atoms with van der Waals surface area (Å²) in [5.74, 6) is -0.298. The van der Waals surface area contributed by atoms with Crippen LogP contribution in [0.2, 0.25) is 0 Å². The summed E-state index contributed by atoms with van der Waals surface area (Å²) in [5.41, 5.74) is 5.68. The molecule has 0 aromatic heterocycles. The van der Waals surface area contributed by atoms with E-state index in [0.29, 0.717) is 24.2 Å². The van der Waals surface area contributed by atoms with Crippen molar-refractivity contribution in [1.82, 2.24) is 10.2 Å². The maximum Gasteiger partial charge on any atom is 0.323 e. The second kappa shape index (κ2) is 7.95. The fourth-order valence-corrected chi connectivity index (χ4v) is 7.98. The van der Waals surface area contributed by atoms with Gasteiger partial charge in [0.15, 0.2) is 0 Å². The van der Waals surface area contributed by atoms with Gasteiger partial charge in [0.2, 0.25) is 5.91 Å². The Labute approximate surface area is 194 Å². The predicted octanol–water partition coefficient (Wildman–Crippen LogP) is 1.16. The van der Waals surface area contributed by atoms with Gasteiger partial charge >= 0.3 is 11.9 Å². The lowest BCUT2D eigenvalue weighted by molar-refractivity contribution is -0.207. The minimum atomic E-state index is -0.947. The minimum absolute atomic E-state index is 0.107. The molecule has 9 nitrogen and oxygen atoms in total. The summed E-state index contributed by atoms with van der Waals surface area (Å²) in [7, 11) is 1.64. The molecule has 5 aliphatic carbocycles. The normalized spacial score (nSPS) is 41.7. The SMILES string of the molecule is CN[C@@H](CCC(=O)O)C(=O)OC12CC3CC(C1)CC([C@H](N)C(=O)N1[C@H](C#N)C[C@@H]4C[C@@H]41)(C3)C2. The molecular formula is C24H34N4O5. The molecule has 6 rings (SSSR count). The van der Waals surface area contributed by atoms with Gasteiger partial charge in [-0.25, -0.2) is 0 Å². The van der Waals surface area contributed by atoms with Gasteiger partial charge in [-0.1, -0.05) is 0 Å². The summed E-state index contributed by atoms with van der Waals surface area (Å²) in [6.45, 7) is 0. The van der Waals surface area contributed by atoms with E-state index in [1.54, 1.807) is 11.9 Å². The number of amides is 1. The average molecular weight is 459 g/mol. The van der Waals surface area contributed by atoms with Crippen LogP contribution in [0.1, 0.15) is 64.2 Å². The van der Waals surface area contributed by atoms with E-state index in [-0.39, 0.29) is 30.8 Å². The second-order valence-corrected chi connectivity index (χ2v) is 11.4. The standard InChI is InChI=1S/C24H34N4O5/c1-27-17(2-3-19(29)30)22(32)33-24-9-13-4-14(10-24)8-23(7-13,12-24)20(26)21(31)28-16(11-25)5-15-6-18(15)28/h13-18,20,27H,2-10,12,26H2,1H3,(H,29,30)/t13?,14?,15-,16+,17+,18+,20-,23?,24?/m1/s1. The number of fused-ring (bicyclic) bond motifs is 1. The van der Waals surface area contributed by atoms with Crippen LogP contribution in [0.25, 0.3) is 0 Å². The second-order valence-electron chi connectivity index (χ2n) is 11.4. The van der Waals surface area contributed by atoms with Crippen LogP contribution in [0.3, 0.4) is 0 Å². The third-order valence-electron chi connectivity index (χ3n) is 9.08. The van der Waals surface area contributed by atoms with Gasteiger partial charge in [-0.3, -0.25) is 14.4 Å². The van der Waals surface area contributed by atoms with Gasteiger partial charge in [-0.15, -0.1) is 0 Å². The number of nitrogens with two attached hydrogens (primary N) is 1. The summed E-state index contributed by atoms with van der Waals surface area (Å²) in [6, 6.07) is 0.714. The molecule has 7 atom stereocenters. The smallest absolute Gasteiger partial charge is 0.323 e. The van der Waals surface area contributed by atoms with Gasteiger partial charge in [0.1, 0.15) is 17.7 Å². The van der Waals surface area contributed by atoms with E-state index in [4.69, 9.17) is 15.6 Å². The van der Waals surface area contributed by atoms with Gasteiger partial charge in [-0.05, 0) is 88.0 Å². The molecule has 5 saturated carbocycles. The van der Waals surface area contributed by atoms with Crippen molar-refractivity contribution in [2.45, 2.75) is 94.0 Å². The Kier molecular flexibility index (Phi) is 5.44. The number of carbonyl (C=O) groups excluding carboxylic acids is 2. The quantitative estimate of drug-likeness (QED) is 0.459. The Morgan fingerprint density at radius 1 is 1.21 bits per heavy atom. The topological polar surface area (TPSA) is 146 Å². The largest absolute Gasteiger partial charge is 0.481 e. The molecule has 0 aromatic rings. The summed E-state index contributed by atoms with van der Waals surface area (Å²) in [4.78, 5) is 39.3. The van der Waals surface area contributed by atoms with E-state index < -0.39 is 35.0 Å². The van der Waals surface area contributed by atoms with Crippen LogP contribution >= 0.6 is 0 Å². The minimum Gasteiger partial charge on any atom is -0.481 e. The van der Waals surface area contributed by atoms with Crippen molar-refractivity contribution in [3.05, 3.63) is 0 Å². The highest BCUT2D eigenvalue weighted by Crippen LogP contribution is 2.64. The van der Waals surface area contributed by atoms with Crippen molar-refractivity contribution < 1.29 is 24.2 Å². The number of ether oxygens (including phenoxy) is 1. The number of carboxylic acid groups (broad SMARTS) is 1. The summed E-state index contributed by atoms with van der Waals surface area (Å²) in [6.07, 6.45) is 6.72. The number of carbonyl (C=O) groups is 3. The number of likely N-dealkylation sites (N-methyl/N-ethyl adjacent to an activating group) is 1. The van der Waals surface area contributed by atoms with Crippen molar-refractivity contribution in [3.63, 3.8) is 0 Å². The Morgan fingerprint density at radius 2 is 1.91 bits per heavy atom. The molecule has 1 saturated heterocycles. The first kappa shape index (κ1) is 22.6. The number of piperidine rings is 1. The maximum atomic E-state index is 13.6. The number of aliphatic carboxylic acids is 1. The first-order valence-electron chi connectivity index (χ1n) is 12.3. The van der Waals surface area contributed by atoms with Crippen LogP contribution in [0.4, 0.5) is 0 Å². The monoisotopic (exact) mass is 458 g/mol. The Bertz CT molecular complexity index is 886. The highest BCUT2D eigenvalue weighted by atomic mass is 16.6. The van der Waals surface area contributed by atoms with Gasteiger partial charge in [0, 0.05) is 12.5 Å². The van der Waals surface area contributed by atoms with Crippen molar-refractivity contribution in [1.29, 1.82) is 5.26 Å². The zero-order valence-corrected chi connectivity index (χ0v) is 19.2. The number of nitriles is 1. The fraction of sp³-hybridized carbons (Fsp3) is 0.833. The lowest BCUT2D eigenvalue weighted by atomic mass is 9.46. The number of hydrogen-bond acceptors (Lipinski definition) is 7. The van der Waals surface area contributed by atoms with Crippen molar-refractivity contribution in [3.8, 4) is 6.07 Å². The number of esters is 1. The zero-order valence-electron chi connectivity index (χ0n) is 19.2. The van der Waals surface area contributed by atoms with Crippen LogP contribution in [0.5, 0.6) is 0 Å². The Balaban J connectivity index is 1.34. The molecule has 0 aromatic carbocycles. The van der Waals surface area contributed by atoms with Gasteiger partial charge in [-0.2, -0.15) is 5.26 Å². The molecule has 2 unspecified atom stereocenters. The lowest BCUT2D eigenvalue weighted by Crippen LogP contribution is -2.66. The number of rotatable bonds is 8. The summed E-state index contributed by atoms with van der Waals surface area (Å²) >= 11 is 0. The zero-order chi connectivity index (χ0) is 23.5. The van der Waals surface area contributed by atoms with Crippen LogP contribution in [-0.2, 0) is 19.1 Å². The van der Waals surface area contributed by atoms with Crippen molar-refractivity contribution in [2.24, 2.45) is 28.9 Å². The predicted molar refractivity (Wildman–Crippen MR) is 116 cm³/mol. The van der Waals surface area contributed by atoms with Crippen LogP contribution in [0.15, 0.2) is 0 Å². The molecule has 180 valence electrons. The molecule has 1 amide bonds. The van der Waals surface area contributed by atoms with E-state index >= 15 is 0 Å². The highest BCUT2D eigenvalue weighted by Gasteiger charge is 2.64. The van der Waals surface area contributed by atoms with Crippen molar-refractivity contribution in [2.75, 3.05) is 7.05 Å². The maximum absolute atomic E-state index is 13.6. The summed E-state index contributed by atoms with van der Waals surface area (Å²) in [5, 5.41) is 21.4. The molecule has 1 heterocycles. The van der Waals surface area contributed by atoms with E-state index in [0.717, 1.165) is 44.9 Å². The number of likely N-dealkylation sites (tertiary alicyclic amines) is 1. The Hall–Kier alpha value is -2.18. The first-order chi connectivity index (χ1) is 15.7. The van der Waals surface area contributed by atoms with Gasteiger partial charge in [0.05, 0.1) is 12.1 Å². The molecule has 0 spiro atoms. The number of nitrogens with zero attached hydrogens (tertiary/aromatic N) is 2. The van der Waals surface area contributed by atoms with Gasteiger partial charge < -0.3 is 25.8 Å². The average Bonchev–Trinajstić information content (AvgIpc) is 3.41. The molecule has 9 heteroatoms. The molecule has 6 aliphatic rings. The third-order valence-corrected chi connectivity index (χ3v) is 9.08. The highest BCUT2D eigenvalue weighted by molar-refractivity contribution is 5.84. The molecular weight excluding hydrogens is 424 g/mol. The van der Waals surface area contributed by atoms with E-state index in [1.807, 2.05) is 0 Å². The van der Waals surface area contributed by atoms with Crippen LogP contribution in [0, 0.1) is 34.5 Å². The number of nitrogens with one attached hydrogen (secondary N) is 1.